The standard InChI is InChI=1S/C13H12BrNO2/c1-8-5-10(6-9(2)13(8)14)12-4-3-11(17-12)7-15-16/h3-7,16H,1-2H3/b15-7-. The minimum absolute atomic E-state index is 0.528. The van der Waals surface area contributed by atoms with Crippen LogP contribution in [0.1, 0.15) is 16.9 Å². The van der Waals surface area contributed by atoms with Crippen molar-refractivity contribution in [1.82, 2.24) is 0 Å². The first-order chi connectivity index (χ1) is 8.11. The van der Waals surface area contributed by atoms with Crippen LogP contribution in [0, 0.1) is 13.8 Å². The molecule has 0 aliphatic heterocycles. The molecule has 1 N–H and O–H groups in total. The Hall–Kier alpha value is -1.55. The number of rotatable bonds is 2. The molecule has 0 radical (unpaired) electrons. The van der Waals surface area contributed by atoms with Gasteiger partial charge in [-0.15, -0.1) is 0 Å². The van der Waals surface area contributed by atoms with Gasteiger partial charge in [-0.3, -0.25) is 0 Å². The first-order valence-corrected chi connectivity index (χ1v) is 5.95. The number of aryl methyl sites for hydroxylation is 2. The third-order valence-electron chi connectivity index (χ3n) is 2.53. The van der Waals surface area contributed by atoms with Crippen LogP contribution in [0.3, 0.4) is 0 Å². The first-order valence-electron chi connectivity index (χ1n) is 5.16. The third-order valence-corrected chi connectivity index (χ3v) is 3.78. The fraction of sp³-hybridized carbons (Fsp3) is 0.154. The average Bonchev–Trinajstić information content (AvgIpc) is 2.74. The molecular weight excluding hydrogens is 282 g/mol. The number of nitrogens with zero attached hydrogens (tertiary/aromatic N) is 1. The van der Waals surface area contributed by atoms with E-state index in [9.17, 15) is 0 Å². The smallest absolute Gasteiger partial charge is 0.149 e. The van der Waals surface area contributed by atoms with E-state index >= 15 is 0 Å². The van der Waals surface area contributed by atoms with Gasteiger partial charge in [0.2, 0.25) is 0 Å². The number of halogens is 1. The summed E-state index contributed by atoms with van der Waals surface area (Å²) in [5, 5.41) is 11.4. The van der Waals surface area contributed by atoms with Gasteiger partial charge in [-0.1, -0.05) is 21.1 Å². The quantitative estimate of drug-likeness (QED) is 0.514. The lowest BCUT2D eigenvalue weighted by Gasteiger charge is -2.05. The molecule has 88 valence electrons. The maximum Gasteiger partial charge on any atom is 0.149 e. The minimum Gasteiger partial charge on any atom is -0.455 e. The highest BCUT2D eigenvalue weighted by Crippen LogP contribution is 2.29. The molecule has 0 saturated heterocycles. The number of benzene rings is 1. The Bertz CT molecular complexity index is 550. The number of hydrogen-bond donors (Lipinski definition) is 1. The molecule has 0 bridgehead atoms. The van der Waals surface area contributed by atoms with Crippen molar-refractivity contribution in [1.29, 1.82) is 0 Å². The number of hydrogen-bond acceptors (Lipinski definition) is 3. The Morgan fingerprint density at radius 2 is 1.88 bits per heavy atom. The fourth-order valence-electron chi connectivity index (χ4n) is 1.72. The van der Waals surface area contributed by atoms with E-state index < -0.39 is 0 Å². The molecule has 0 atom stereocenters. The van der Waals surface area contributed by atoms with Crippen LogP contribution in [0.2, 0.25) is 0 Å². The number of furan rings is 1. The minimum atomic E-state index is 0.528. The third kappa shape index (κ3) is 2.42. The Morgan fingerprint density at radius 3 is 2.47 bits per heavy atom. The average molecular weight is 294 g/mol. The van der Waals surface area contributed by atoms with E-state index in [0.29, 0.717) is 5.76 Å². The van der Waals surface area contributed by atoms with E-state index in [2.05, 4.69) is 33.2 Å². The van der Waals surface area contributed by atoms with Crippen molar-refractivity contribution in [3.05, 3.63) is 45.6 Å². The van der Waals surface area contributed by atoms with Gasteiger partial charge < -0.3 is 9.62 Å². The highest BCUT2D eigenvalue weighted by molar-refractivity contribution is 9.10. The summed E-state index contributed by atoms with van der Waals surface area (Å²) < 4.78 is 6.65. The molecular formula is C13H12BrNO2. The van der Waals surface area contributed by atoms with Crippen LogP contribution >= 0.6 is 15.9 Å². The second kappa shape index (κ2) is 4.75. The van der Waals surface area contributed by atoms with Gasteiger partial charge in [0.15, 0.2) is 0 Å². The lowest BCUT2D eigenvalue weighted by Crippen LogP contribution is -1.84. The van der Waals surface area contributed by atoms with Gasteiger partial charge in [-0.2, -0.15) is 0 Å². The molecule has 0 unspecified atom stereocenters. The molecule has 0 spiro atoms. The van der Waals surface area contributed by atoms with Gasteiger partial charge in [0, 0.05) is 10.0 Å². The van der Waals surface area contributed by atoms with Crippen LogP contribution in [0.25, 0.3) is 11.3 Å². The maximum atomic E-state index is 8.43. The molecule has 3 nitrogen and oxygen atoms in total. The summed E-state index contributed by atoms with van der Waals surface area (Å²) in [7, 11) is 0. The summed E-state index contributed by atoms with van der Waals surface area (Å²) in [5.41, 5.74) is 3.34. The topological polar surface area (TPSA) is 45.7 Å². The van der Waals surface area contributed by atoms with Crippen molar-refractivity contribution in [2.24, 2.45) is 5.16 Å². The van der Waals surface area contributed by atoms with E-state index in [0.717, 1.165) is 26.9 Å². The van der Waals surface area contributed by atoms with E-state index in [1.54, 1.807) is 6.07 Å². The Morgan fingerprint density at radius 1 is 1.24 bits per heavy atom. The molecule has 1 heterocycles. The first kappa shape index (κ1) is 11.9. The van der Waals surface area contributed by atoms with Crippen molar-refractivity contribution in [3.63, 3.8) is 0 Å². The second-order valence-corrected chi connectivity index (χ2v) is 4.66. The predicted molar refractivity (Wildman–Crippen MR) is 70.7 cm³/mol. The zero-order chi connectivity index (χ0) is 12.4. The van der Waals surface area contributed by atoms with Crippen LogP contribution < -0.4 is 0 Å². The molecule has 4 heteroatoms. The molecule has 0 aliphatic rings. The molecule has 2 rings (SSSR count). The summed E-state index contributed by atoms with van der Waals surface area (Å²) in [4.78, 5) is 0. The summed E-state index contributed by atoms with van der Waals surface area (Å²) in [5.74, 6) is 1.29. The van der Waals surface area contributed by atoms with Gasteiger partial charge >= 0.3 is 0 Å². The molecule has 0 saturated carbocycles. The lowest BCUT2D eigenvalue weighted by atomic mass is 10.1. The van der Waals surface area contributed by atoms with Crippen LogP contribution in [0.5, 0.6) is 0 Å². The van der Waals surface area contributed by atoms with Gasteiger partial charge in [0.25, 0.3) is 0 Å². The highest BCUT2D eigenvalue weighted by Gasteiger charge is 2.07. The van der Waals surface area contributed by atoms with Gasteiger partial charge in [0.05, 0.1) is 0 Å². The predicted octanol–water partition coefficient (Wildman–Crippen LogP) is 4.13. The zero-order valence-corrected chi connectivity index (χ0v) is 11.2. The van der Waals surface area contributed by atoms with E-state index in [1.165, 1.54) is 6.21 Å². The van der Waals surface area contributed by atoms with Crippen LogP contribution in [0.15, 0.2) is 38.3 Å². The summed E-state index contributed by atoms with van der Waals surface area (Å²) in [6.45, 7) is 4.08. The SMILES string of the molecule is Cc1cc(-c2ccc(/C=N\O)o2)cc(C)c1Br. The van der Waals surface area contributed by atoms with Crippen molar-refractivity contribution in [3.8, 4) is 11.3 Å². The van der Waals surface area contributed by atoms with E-state index in [1.807, 2.05) is 19.9 Å². The molecule has 2 aromatic rings. The van der Waals surface area contributed by atoms with Gasteiger partial charge in [-0.05, 0) is 49.2 Å². The second-order valence-electron chi connectivity index (χ2n) is 3.87. The Kier molecular flexibility index (Phi) is 3.33. The normalized spacial score (nSPS) is 11.2. The summed E-state index contributed by atoms with van der Waals surface area (Å²) >= 11 is 3.53. The van der Waals surface area contributed by atoms with E-state index in [-0.39, 0.29) is 0 Å². The molecule has 1 aromatic heterocycles. The fourth-order valence-corrected chi connectivity index (χ4v) is 1.95. The largest absolute Gasteiger partial charge is 0.455 e. The van der Waals surface area contributed by atoms with E-state index in [4.69, 9.17) is 9.62 Å². The molecule has 0 fully saturated rings. The van der Waals surface area contributed by atoms with Crippen LogP contribution in [0.4, 0.5) is 0 Å². The summed E-state index contributed by atoms with van der Waals surface area (Å²) in [6, 6.07) is 7.73. The molecule has 17 heavy (non-hydrogen) atoms. The Balaban J connectivity index is 2.45. The lowest BCUT2D eigenvalue weighted by molar-refractivity contribution is 0.321. The maximum absolute atomic E-state index is 8.43. The number of oxime groups is 1. The zero-order valence-electron chi connectivity index (χ0n) is 9.57. The molecule has 0 amide bonds. The monoisotopic (exact) mass is 293 g/mol. The molecule has 1 aromatic carbocycles. The van der Waals surface area contributed by atoms with Crippen molar-refractivity contribution < 1.29 is 9.62 Å². The molecule has 0 aliphatic carbocycles. The summed E-state index contributed by atoms with van der Waals surface area (Å²) in [6.07, 6.45) is 1.27. The van der Waals surface area contributed by atoms with Crippen molar-refractivity contribution >= 4 is 22.1 Å². The van der Waals surface area contributed by atoms with Gasteiger partial charge in [0.1, 0.15) is 17.7 Å². The van der Waals surface area contributed by atoms with Crippen molar-refractivity contribution in [2.75, 3.05) is 0 Å². The Labute approximate surface area is 108 Å². The van der Waals surface area contributed by atoms with Crippen LogP contribution in [-0.2, 0) is 0 Å². The highest BCUT2D eigenvalue weighted by atomic mass is 79.9. The van der Waals surface area contributed by atoms with Gasteiger partial charge in [-0.25, -0.2) is 0 Å². The van der Waals surface area contributed by atoms with Crippen LogP contribution in [-0.4, -0.2) is 11.4 Å². The van der Waals surface area contributed by atoms with Crippen molar-refractivity contribution in [2.45, 2.75) is 13.8 Å².